The van der Waals surface area contributed by atoms with Gasteiger partial charge >= 0.3 is 5.97 Å². The number of carbonyl (C=O) groups is 2. The van der Waals surface area contributed by atoms with Crippen molar-refractivity contribution in [3.05, 3.63) is 0 Å². The van der Waals surface area contributed by atoms with Crippen LogP contribution in [0.3, 0.4) is 0 Å². The van der Waals surface area contributed by atoms with Gasteiger partial charge in [-0.15, -0.1) is 0 Å². The molecule has 0 aromatic rings. The summed E-state index contributed by atoms with van der Waals surface area (Å²) in [5.74, 6) is -0.978. The van der Waals surface area contributed by atoms with Crippen molar-refractivity contribution in [2.24, 2.45) is 0 Å². The van der Waals surface area contributed by atoms with Crippen molar-refractivity contribution in [2.45, 2.75) is 24.6 Å². The Bertz CT molecular complexity index is 214. The minimum atomic E-state index is -0.978. The lowest BCUT2D eigenvalue weighted by Gasteiger charge is -2.19. The van der Waals surface area contributed by atoms with Crippen molar-refractivity contribution in [1.29, 1.82) is 0 Å². The molecule has 0 aromatic heterocycles. The highest BCUT2D eigenvalue weighted by Crippen LogP contribution is 2.34. The lowest BCUT2D eigenvalue weighted by molar-refractivity contribution is -0.139. The van der Waals surface area contributed by atoms with Crippen LogP contribution in [0.2, 0.25) is 0 Å². The smallest absolute Gasteiger partial charge is 0.327 e. The number of hydrogen-bond acceptors (Lipinski definition) is 3. The summed E-state index contributed by atoms with van der Waals surface area (Å²) in [6.07, 6.45) is 0. The Morgan fingerprint density at radius 1 is 1.73 bits per heavy atom. The molecule has 4 nitrogen and oxygen atoms in total. The van der Waals surface area contributed by atoms with E-state index < -0.39 is 16.8 Å². The van der Waals surface area contributed by atoms with Crippen LogP contribution in [0.1, 0.15) is 13.8 Å². The van der Waals surface area contributed by atoms with Crippen LogP contribution < -0.4 is 5.32 Å². The van der Waals surface area contributed by atoms with E-state index in [1.807, 2.05) is 0 Å². The summed E-state index contributed by atoms with van der Waals surface area (Å²) in [5.41, 5.74) is 0. The van der Waals surface area contributed by atoms with E-state index in [-0.39, 0.29) is 5.24 Å². The molecule has 0 aliphatic carbocycles. The van der Waals surface area contributed by atoms with Gasteiger partial charge in [0.25, 0.3) is 5.24 Å². The number of thioether (sulfide) groups is 1. The molecule has 0 spiro atoms. The van der Waals surface area contributed by atoms with Gasteiger partial charge < -0.3 is 10.4 Å². The molecule has 1 amide bonds. The molecule has 2 N–H and O–H groups in total. The quantitative estimate of drug-likeness (QED) is 0.614. The van der Waals surface area contributed by atoms with Gasteiger partial charge in [-0.25, -0.2) is 4.79 Å². The first-order valence-corrected chi connectivity index (χ1v) is 3.97. The number of rotatable bonds is 1. The molecule has 62 valence electrons. The molecular weight excluding hydrogens is 166 g/mol. The highest BCUT2D eigenvalue weighted by molar-refractivity contribution is 8.15. The van der Waals surface area contributed by atoms with Crippen molar-refractivity contribution in [3.8, 4) is 0 Å². The Hall–Kier alpha value is -0.710. The summed E-state index contributed by atoms with van der Waals surface area (Å²) in [7, 11) is 0. The molecule has 1 saturated heterocycles. The molecule has 0 bridgehead atoms. The maximum atomic E-state index is 10.8. The van der Waals surface area contributed by atoms with E-state index in [1.165, 1.54) is 0 Å². The van der Waals surface area contributed by atoms with Crippen molar-refractivity contribution in [2.75, 3.05) is 0 Å². The van der Waals surface area contributed by atoms with Crippen LogP contribution in [-0.2, 0) is 4.79 Å². The van der Waals surface area contributed by atoms with E-state index in [0.29, 0.717) is 0 Å². The zero-order valence-corrected chi connectivity index (χ0v) is 7.07. The maximum absolute atomic E-state index is 10.8. The standard InChI is InChI=1S/C6H9NO3S/c1-6(2)3(4(8)9)7-5(10)11-6/h3H,1-2H3,(H,7,10)(H,8,9)/t3-/m0/s1. The van der Waals surface area contributed by atoms with Gasteiger partial charge in [-0.1, -0.05) is 11.8 Å². The van der Waals surface area contributed by atoms with Gasteiger partial charge in [0.1, 0.15) is 6.04 Å². The second-order valence-corrected chi connectivity index (χ2v) is 4.54. The van der Waals surface area contributed by atoms with Gasteiger partial charge in [0.15, 0.2) is 0 Å². The molecule has 1 rings (SSSR count). The fourth-order valence-electron chi connectivity index (χ4n) is 0.978. The zero-order chi connectivity index (χ0) is 8.65. The van der Waals surface area contributed by atoms with E-state index in [0.717, 1.165) is 11.8 Å². The highest BCUT2D eigenvalue weighted by atomic mass is 32.2. The van der Waals surface area contributed by atoms with E-state index >= 15 is 0 Å². The SMILES string of the molecule is CC1(C)SC(=O)N[C@H]1C(=O)O. The summed E-state index contributed by atoms with van der Waals surface area (Å²) >= 11 is 1.03. The third-order valence-electron chi connectivity index (χ3n) is 1.56. The number of nitrogens with one attached hydrogen (secondary N) is 1. The molecule has 1 aliphatic rings. The van der Waals surface area contributed by atoms with E-state index in [2.05, 4.69) is 5.32 Å². The average molecular weight is 175 g/mol. The summed E-state index contributed by atoms with van der Waals surface area (Å²) in [4.78, 5) is 21.3. The molecule has 1 aliphatic heterocycles. The summed E-state index contributed by atoms with van der Waals surface area (Å²) < 4.78 is -0.539. The molecule has 0 radical (unpaired) electrons. The molecular formula is C6H9NO3S. The third kappa shape index (κ3) is 1.48. The predicted octanol–water partition coefficient (Wildman–Crippen LogP) is 0.675. The molecule has 0 aromatic carbocycles. The fourth-order valence-corrected chi connectivity index (χ4v) is 1.91. The molecule has 1 heterocycles. The maximum Gasteiger partial charge on any atom is 0.327 e. The van der Waals surface area contributed by atoms with E-state index in [9.17, 15) is 9.59 Å². The molecule has 0 unspecified atom stereocenters. The van der Waals surface area contributed by atoms with Crippen LogP contribution in [0, 0.1) is 0 Å². The summed E-state index contributed by atoms with van der Waals surface area (Å²) in [5, 5.41) is 10.7. The Labute approximate surface area is 68.3 Å². The van der Waals surface area contributed by atoms with Crippen LogP contribution >= 0.6 is 11.8 Å². The average Bonchev–Trinajstić information content (AvgIpc) is 2.04. The minimum absolute atomic E-state index is 0.262. The number of carbonyl (C=O) groups excluding carboxylic acids is 1. The number of amides is 1. The van der Waals surface area contributed by atoms with Crippen molar-refractivity contribution < 1.29 is 14.7 Å². The van der Waals surface area contributed by atoms with Gasteiger partial charge in [-0.2, -0.15) is 0 Å². The Morgan fingerprint density at radius 3 is 2.45 bits per heavy atom. The predicted molar refractivity (Wildman–Crippen MR) is 41.6 cm³/mol. The van der Waals surface area contributed by atoms with Crippen molar-refractivity contribution in [1.82, 2.24) is 5.32 Å². The molecule has 11 heavy (non-hydrogen) atoms. The second kappa shape index (κ2) is 2.41. The topological polar surface area (TPSA) is 66.4 Å². The molecule has 5 heteroatoms. The van der Waals surface area contributed by atoms with Gasteiger partial charge in [0.05, 0.1) is 4.75 Å². The number of aliphatic carboxylic acids is 1. The Kier molecular flexibility index (Phi) is 1.83. The van der Waals surface area contributed by atoms with E-state index in [4.69, 9.17) is 5.11 Å². The Balaban J connectivity index is 2.82. The second-order valence-electron chi connectivity index (χ2n) is 2.91. The third-order valence-corrected chi connectivity index (χ3v) is 2.63. The van der Waals surface area contributed by atoms with Gasteiger partial charge in [0, 0.05) is 0 Å². The fraction of sp³-hybridized carbons (Fsp3) is 0.667. The molecule has 1 fully saturated rings. The molecule has 0 saturated carbocycles. The van der Waals surface area contributed by atoms with Crippen LogP contribution in [0.15, 0.2) is 0 Å². The first-order chi connectivity index (χ1) is 4.93. The van der Waals surface area contributed by atoms with Crippen molar-refractivity contribution in [3.63, 3.8) is 0 Å². The summed E-state index contributed by atoms with van der Waals surface area (Å²) in [6.45, 7) is 3.46. The monoisotopic (exact) mass is 175 g/mol. The van der Waals surface area contributed by atoms with Gasteiger partial charge in [-0.05, 0) is 13.8 Å². The van der Waals surface area contributed by atoms with E-state index in [1.54, 1.807) is 13.8 Å². The first kappa shape index (κ1) is 8.39. The van der Waals surface area contributed by atoms with Crippen LogP contribution in [-0.4, -0.2) is 27.1 Å². The lowest BCUT2D eigenvalue weighted by atomic mass is 10.0. The molecule has 1 atom stereocenters. The number of carboxylic acids is 1. The van der Waals surface area contributed by atoms with Crippen LogP contribution in [0.5, 0.6) is 0 Å². The lowest BCUT2D eigenvalue weighted by Crippen LogP contribution is -2.43. The Morgan fingerprint density at radius 2 is 2.27 bits per heavy atom. The van der Waals surface area contributed by atoms with Crippen LogP contribution in [0.25, 0.3) is 0 Å². The normalized spacial score (nSPS) is 28.2. The van der Waals surface area contributed by atoms with Crippen molar-refractivity contribution >= 4 is 23.0 Å². The summed E-state index contributed by atoms with van der Waals surface area (Å²) in [6, 6.07) is -0.764. The van der Waals surface area contributed by atoms with Crippen LogP contribution in [0.4, 0.5) is 4.79 Å². The number of hydrogen-bond donors (Lipinski definition) is 2. The first-order valence-electron chi connectivity index (χ1n) is 3.16. The minimum Gasteiger partial charge on any atom is -0.480 e. The highest BCUT2D eigenvalue weighted by Gasteiger charge is 2.44. The largest absolute Gasteiger partial charge is 0.480 e. The van der Waals surface area contributed by atoms with Gasteiger partial charge in [0.2, 0.25) is 0 Å². The number of carboxylic acid groups (broad SMARTS) is 1. The van der Waals surface area contributed by atoms with Gasteiger partial charge in [-0.3, -0.25) is 4.79 Å². The zero-order valence-electron chi connectivity index (χ0n) is 6.25.